The first kappa shape index (κ1) is 29.5. The number of benzene rings is 4. The van der Waals surface area contributed by atoms with Gasteiger partial charge in [-0.1, -0.05) is 126 Å². The third kappa shape index (κ3) is 7.84. The normalized spacial score (nSPS) is 23.6. The highest BCUT2D eigenvalue weighted by molar-refractivity contribution is 5.17. The predicted molar refractivity (Wildman–Crippen MR) is 159 cm³/mol. The molecule has 216 valence electrons. The summed E-state index contributed by atoms with van der Waals surface area (Å²) >= 11 is 0. The quantitative estimate of drug-likeness (QED) is 0.115. The molecule has 0 saturated heterocycles. The van der Waals surface area contributed by atoms with Crippen molar-refractivity contribution >= 4 is 0 Å². The monoisotopic (exact) mass is 565 g/mol. The van der Waals surface area contributed by atoms with Crippen molar-refractivity contribution < 1.29 is 24.1 Å². The number of rotatable bonds is 13. The molecule has 0 aromatic heterocycles. The Morgan fingerprint density at radius 2 is 0.810 bits per heavy atom. The zero-order chi connectivity index (χ0) is 29.0. The molecule has 4 aromatic rings. The molecule has 0 spiro atoms. The van der Waals surface area contributed by atoms with Crippen LogP contribution in [-0.4, -0.2) is 41.7 Å². The summed E-state index contributed by atoms with van der Waals surface area (Å²) in [5.41, 5.74) is 13.3. The first-order valence-corrected chi connectivity index (χ1v) is 14.1. The largest absolute Gasteiger partial charge is 0.390 e. The van der Waals surface area contributed by atoms with Crippen LogP contribution in [0, 0.1) is 0 Å². The number of hydrogen-bond acceptors (Lipinski definition) is 6. The van der Waals surface area contributed by atoms with E-state index in [1.54, 1.807) is 0 Å². The van der Waals surface area contributed by atoms with Gasteiger partial charge in [0.1, 0.15) is 18.3 Å². The van der Waals surface area contributed by atoms with E-state index < -0.39 is 36.6 Å². The molecule has 1 aliphatic rings. The van der Waals surface area contributed by atoms with Crippen molar-refractivity contribution in [1.29, 1.82) is 0 Å². The minimum absolute atomic E-state index is 0.234. The number of nitrogens with zero attached hydrogens (tertiary/aromatic N) is 3. The minimum Gasteiger partial charge on any atom is -0.390 e. The van der Waals surface area contributed by atoms with Gasteiger partial charge < -0.3 is 24.1 Å². The van der Waals surface area contributed by atoms with Gasteiger partial charge in [0.25, 0.3) is 0 Å². The van der Waals surface area contributed by atoms with Crippen LogP contribution in [0.3, 0.4) is 0 Å². The predicted octanol–water partition coefficient (Wildman–Crippen LogP) is 6.38. The molecular formula is C34H35N3O5. The van der Waals surface area contributed by atoms with Crippen LogP contribution >= 0.6 is 0 Å². The summed E-state index contributed by atoms with van der Waals surface area (Å²) in [4.78, 5) is 3.07. The molecule has 6 atom stereocenters. The zero-order valence-electron chi connectivity index (χ0n) is 23.3. The maximum absolute atomic E-state index is 11.7. The van der Waals surface area contributed by atoms with Crippen LogP contribution in [0.15, 0.2) is 126 Å². The first-order valence-electron chi connectivity index (χ1n) is 14.1. The summed E-state index contributed by atoms with van der Waals surface area (Å²) in [5, 5.41) is 15.7. The van der Waals surface area contributed by atoms with Crippen molar-refractivity contribution in [3.05, 3.63) is 154 Å². The van der Waals surface area contributed by atoms with Gasteiger partial charge in [0, 0.05) is 4.91 Å². The topological polar surface area (TPSA) is 106 Å². The van der Waals surface area contributed by atoms with Crippen molar-refractivity contribution in [3.63, 3.8) is 0 Å². The van der Waals surface area contributed by atoms with E-state index in [4.69, 9.17) is 18.9 Å². The number of azide groups is 1. The van der Waals surface area contributed by atoms with Crippen molar-refractivity contribution in [2.45, 2.75) is 63.0 Å². The minimum atomic E-state index is -1.21. The lowest BCUT2D eigenvalue weighted by Gasteiger charge is -2.47. The first-order chi connectivity index (χ1) is 20.7. The second-order valence-electron chi connectivity index (χ2n) is 10.2. The lowest BCUT2D eigenvalue weighted by molar-refractivity contribution is -0.246. The van der Waals surface area contributed by atoms with E-state index in [0.717, 1.165) is 22.3 Å². The Morgan fingerprint density at radius 1 is 0.500 bits per heavy atom. The SMILES string of the molecule is [N-]=[N+]=N[C@H]1[C@H](O)[C@@H](OCc2ccccc2)[C@H](OCc2ccccc2)[C@@H](OCc2ccccc2)[C@@H]1OCc1ccccc1. The van der Waals surface area contributed by atoms with Gasteiger partial charge in [-0.2, -0.15) is 0 Å². The summed E-state index contributed by atoms with van der Waals surface area (Å²) in [7, 11) is 0. The van der Waals surface area contributed by atoms with Gasteiger partial charge >= 0.3 is 0 Å². The Balaban J connectivity index is 1.48. The molecule has 0 bridgehead atoms. The molecule has 4 aromatic carbocycles. The van der Waals surface area contributed by atoms with Gasteiger partial charge in [-0.05, 0) is 27.8 Å². The summed E-state index contributed by atoms with van der Waals surface area (Å²) in [5.74, 6) is 0. The molecule has 8 heteroatoms. The van der Waals surface area contributed by atoms with Gasteiger partial charge in [-0.25, -0.2) is 0 Å². The van der Waals surface area contributed by atoms with Crippen molar-refractivity contribution in [2.24, 2.45) is 5.11 Å². The third-order valence-electron chi connectivity index (χ3n) is 7.32. The molecule has 42 heavy (non-hydrogen) atoms. The molecule has 1 aliphatic carbocycles. The van der Waals surface area contributed by atoms with Crippen LogP contribution in [0.2, 0.25) is 0 Å². The summed E-state index contributed by atoms with van der Waals surface area (Å²) in [6.45, 7) is 1.01. The van der Waals surface area contributed by atoms with Gasteiger partial charge in [0.15, 0.2) is 0 Å². The molecule has 0 aliphatic heterocycles. The number of aliphatic hydroxyl groups excluding tert-OH is 1. The smallest absolute Gasteiger partial charge is 0.115 e. The van der Waals surface area contributed by atoms with Gasteiger partial charge in [0.05, 0.1) is 44.7 Å². The van der Waals surface area contributed by atoms with Crippen molar-refractivity contribution in [2.75, 3.05) is 0 Å². The fraction of sp³-hybridized carbons (Fsp3) is 0.294. The fourth-order valence-corrected chi connectivity index (χ4v) is 5.18. The Morgan fingerprint density at radius 3 is 1.17 bits per heavy atom. The highest BCUT2D eigenvalue weighted by Crippen LogP contribution is 2.34. The van der Waals surface area contributed by atoms with E-state index >= 15 is 0 Å². The standard InChI is InChI=1S/C34H35N3O5/c35-37-36-29-30(38)32(40-22-26-15-7-2-8-16-26)34(42-24-28-19-11-4-12-20-28)33(41-23-27-17-9-3-10-18-27)31(29)39-21-25-13-5-1-6-14-25/h1-20,29-34,38H,21-24H2/t29-,30-,31+,32+,33-,34-/m0/s1. The van der Waals surface area contributed by atoms with Crippen LogP contribution < -0.4 is 0 Å². The number of ether oxygens (including phenoxy) is 4. The van der Waals surface area contributed by atoms with Crippen LogP contribution in [0.4, 0.5) is 0 Å². The maximum Gasteiger partial charge on any atom is 0.115 e. The van der Waals surface area contributed by atoms with Gasteiger partial charge in [-0.3, -0.25) is 0 Å². The number of hydrogen-bond donors (Lipinski definition) is 1. The molecule has 1 N–H and O–H groups in total. The Kier molecular flexibility index (Phi) is 10.7. The molecule has 0 amide bonds. The van der Waals surface area contributed by atoms with E-state index in [2.05, 4.69) is 10.0 Å². The van der Waals surface area contributed by atoms with Crippen LogP contribution in [-0.2, 0) is 45.4 Å². The van der Waals surface area contributed by atoms with Crippen LogP contribution in [0.1, 0.15) is 22.3 Å². The Hall–Kier alpha value is -4.01. The third-order valence-corrected chi connectivity index (χ3v) is 7.32. The Bertz CT molecular complexity index is 1390. The molecular weight excluding hydrogens is 530 g/mol. The van der Waals surface area contributed by atoms with Gasteiger partial charge in [-0.15, -0.1) is 0 Å². The van der Waals surface area contributed by atoms with E-state index in [-0.39, 0.29) is 26.4 Å². The molecule has 0 heterocycles. The molecule has 1 fully saturated rings. The molecule has 8 nitrogen and oxygen atoms in total. The summed E-state index contributed by atoms with van der Waals surface area (Å²) in [6, 6.07) is 38.0. The van der Waals surface area contributed by atoms with Crippen LogP contribution in [0.25, 0.3) is 10.4 Å². The average Bonchev–Trinajstić information content (AvgIpc) is 3.05. The van der Waals surface area contributed by atoms with E-state index in [9.17, 15) is 10.6 Å². The molecule has 0 radical (unpaired) electrons. The van der Waals surface area contributed by atoms with Crippen LogP contribution in [0.5, 0.6) is 0 Å². The second-order valence-corrected chi connectivity index (χ2v) is 10.2. The average molecular weight is 566 g/mol. The summed E-state index contributed by atoms with van der Waals surface area (Å²) in [6.07, 6.45) is -4.34. The maximum atomic E-state index is 11.7. The van der Waals surface area contributed by atoms with E-state index in [0.29, 0.717) is 0 Å². The van der Waals surface area contributed by atoms with E-state index in [1.165, 1.54) is 0 Å². The lowest BCUT2D eigenvalue weighted by atomic mass is 9.82. The molecule has 1 saturated carbocycles. The lowest BCUT2D eigenvalue weighted by Crippen LogP contribution is -2.65. The second kappa shape index (κ2) is 15.3. The number of aliphatic hydroxyl groups is 1. The van der Waals surface area contributed by atoms with Crippen molar-refractivity contribution in [1.82, 2.24) is 0 Å². The van der Waals surface area contributed by atoms with Gasteiger partial charge in [0.2, 0.25) is 0 Å². The zero-order valence-corrected chi connectivity index (χ0v) is 23.3. The molecule has 5 rings (SSSR count). The molecule has 0 unspecified atom stereocenters. The summed E-state index contributed by atoms with van der Waals surface area (Å²) < 4.78 is 25.9. The Labute approximate surface area is 246 Å². The van der Waals surface area contributed by atoms with E-state index in [1.807, 2.05) is 121 Å². The fourth-order valence-electron chi connectivity index (χ4n) is 5.18. The highest BCUT2D eigenvalue weighted by atomic mass is 16.6. The highest BCUT2D eigenvalue weighted by Gasteiger charge is 2.53. The van der Waals surface area contributed by atoms with Crippen molar-refractivity contribution in [3.8, 4) is 0 Å².